The summed E-state index contributed by atoms with van der Waals surface area (Å²) in [7, 11) is 0. The second-order valence-corrected chi connectivity index (χ2v) is 6.50. The Hall–Kier alpha value is -0.910. The number of hydrogen-bond acceptors (Lipinski definition) is 4. The summed E-state index contributed by atoms with van der Waals surface area (Å²) in [6.45, 7) is 1.50. The molecule has 0 saturated heterocycles. The van der Waals surface area contributed by atoms with Gasteiger partial charge in [-0.3, -0.25) is 4.98 Å². The fraction of sp³-hybridized carbons (Fsp3) is 0.357. The van der Waals surface area contributed by atoms with Gasteiger partial charge >= 0.3 is 0 Å². The number of thiazole rings is 1. The van der Waals surface area contributed by atoms with Crippen LogP contribution in [0.15, 0.2) is 34.4 Å². The van der Waals surface area contributed by atoms with Gasteiger partial charge in [-0.2, -0.15) is 0 Å². The number of benzene rings is 1. The van der Waals surface area contributed by atoms with Gasteiger partial charge in [0.15, 0.2) is 0 Å². The number of rotatable bonds is 6. The lowest BCUT2D eigenvalue weighted by Gasteiger charge is -2.09. The van der Waals surface area contributed by atoms with Gasteiger partial charge in [0.1, 0.15) is 12.4 Å². The lowest BCUT2D eigenvalue weighted by molar-refractivity contribution is 0.307. The van der Waals surface area contributed by atoms with Crippen molar-refractivity contribution in [3.63, 3.8) is 0 Å². The van der Waals surface area contributed by atoms with Crippen LogP contribution in [0.2, 0.25) is 0 Å². The molecule has 5 heteroatoms. The predicted molar refractivity (Wildman–Crippen MR) is 80.4 cm³/mol. The van der Waals surface area contributed by atoms with E-state index >= 15 is 0 Å². The first-order chi connectivity index (χ1) is 9.31. The summed E-state index contributed by atoms with van der Waals surface area (Å²) in [4.78, 5) is 5.17. The van der Waals surface area contributed by atoms with E-state index in [0.717, 1.165) is 27.7 Å². The van der Waals surface area contributed by atoms with Crippen molar-refractivity contribution in [3.8, 4) is 5.75 Å². The maximum Gasteiger partial charge on any atom is 0.134 e. The van der Waals surface area contributed by atoms with E-state index in [1.807, 2.05) is 17.8 Å². The fourth-order valence-corrected chi connectivity index (χ4v) is 2.83. The quantitative estimate of drug-likeness (QED) is 0.871. The van der Waals surface area contributed by atoms with E-state index in [-0.39, 0.29) is 0 Å². The molecular formula is C14H15BrN2OS. The Morgan fingerprint density at radius 2 is 2.32 bits per heavy atom. The average molecular weight is 339 g/mol. The smallest absolute Gasteiger partial charge is 0.134 e. The molecule has 1 aliphatic carbocycles. The normalized spacial score (nSPS) is 14.6. The molecule has 1 N–H and O–H groups in total. The minimum atomic E-state index is 0.572. The molecular weight excluding hydrogens is 324 g/mol. The molecule has 1 aliphatic rings. The summed E-state index contributed by atoms with van der Waals surface area (Å²) in [6, 6.07) is 7.00. The highest BCUT2D eigenvalue weighted by molar-refractivity contribution is 9.10. The molecule has 0 unspecified atom stereocenters. The first-order valence-electron chi connectivity index (χ1n) is 6.33. The van der Waals surface area contributed by atoms with Crippen LogP contribution in [0.4, 0.5) is 0 Å². The van der Waals surface area contributed by atoms with Crippen molar-refractivity contribution in [2.24, 2.45) is 0 Å². The molecule has 1 heterocycles. The third kappa shape index (κ3) is 3.78. The van der Waals surface area contributed by atoms with Crippen molar-refractivity contribution in [1.82, 2.24) is 10.3 Å². The third-order valence-electron chi connectivity index (χ3n) is 3.02. The van der Waals surface area contributed by atoms with Gasteiger partial charge in [-0.1, -0.05) is 6.07 Å². The average Bonchev–Trinajstić information content (AvgIpc) is 3.10. The van der Waals surface area contributed by atoms with E-state index < -0.39 is 0 Å². The highest BCUT2D eigenvalue weighted by Gasteiger charge is 2.19. The number of aromatic nitrogens is 1. The molecule has 3 nitrogen and oxygen atoms in total. The Morgan fingerprint density at radius 3 is 3.00 bits per heavy atom. The molecule has 1 saturated carbocycles. The van der Waals surface area contributed by atoms with Crippen LogP contribution in [-0.2, 0) is 13.2 Å². The van der Waals surface area contributed by atoms with E-state index in [0.29, 0.717) is 6.61 Å². The summed E-state index contributed by atoms with van der Waals surface area (Å²) in [5.41, 5.74) is 3.10. The van der Waals surface area contributed by atoms with Gasteiger partial charge in [0.05, 0.1) is 14.9 Å². The van der Waals surface area contributed by atoms with Crippen molar-refractivity contribution in [2.45, 2.75) is 32.0 Å². The molecule has 19 heavy (non-hydrogen) atoms. The fourth-order valence-electron chi connectivity index (χ4n) is 1.78. The van der Waals surface area contributed by atoms with Crippen LogP contribution in [0.1, 0.15) is 23.3 Å². The Bertz CT molecular complexity index is 540. The predicted octanol–water partition coefficient (Wildman–Crippen LogP) is 3.74. The molecule has 0 atom stereocenters. The van der Waals surface area contributed by atoms with Gasteiger partial charge in [0, 0.05) is 18.8 Å². The first-order valence-corrected chi connectivity index (χ1v) is 8.00. The molecule has 0 bridgehead atoms. The number of nitrogens with zero attached hydrogens (tertiary/aromatic N) is 1. The molecule has 0 amide bonds. The second-order valence-electron chi connectivity index (χ2n) is 4.68. The minimum Gasteiger partial charge on any atom is -0.487 e. The highest BCUT2D eigenvalue weighted by Crippen LogP contribution is 2.27. The highest BCUT2D eigenvalue weighted by atomic mass is 79.9. The van der Waals surface area contributed by atoms with Crippen LogP contribution in [0.25, 0.3) is 0 Å². The number of halogens is 1. The van der Waals surface area contributed by atoms with Gasteiger partial charge < -0.3 is 10.1 Å². The molecule has 0 spiro atoms. The van der Waals surface area contributed by atoms with Crippen LogP contribution in [0.5, 0.6) is 5.75 Å². The maximum atomic E-state index is 5.78. The van der Waals surface area contributed by atoms with Gasteiger partial charge in [-0.05, 0) is 46.5 Å². The molecule has 3 rings (SSSR count). The van der Waals surface area contributed by atoms with Gasteiger partial charge in [-0.25, -0.2) is 0 Å². The summed E-state index contributed by atoms with van der Waals surface area (Å²) in [6.07, 6.45) is 4.47. The summed E-state index contributed by atoms with van der Waals surface area (Å²) >= 11 is 5.18. The Kier molecular flexibility index (Phi) is 4.15. The molecule has 100 valence electrons. The minimum absolute atomic E-state index is 0.572. The molecule has 2 aromatic rings. The van der Waals surface area contributed by atoms with Crippen LogP contribution in [0, 0.1) is 0 Å². The van der Waals surface area contributed by atoms with Crippen LogP contribution >= 0.6 is 27.3 Å². The van der Waals surface area contributed by atoms with Crippen molar-refractivity contribution < 1.29 is 4.74 Å². The lowest BCUT2D eigenvalue weighted by atomic mass is 10.2. The Labute approximate surface area is 125 Å². The van der Waals surface area contributed by atoms with Crippen LogP contribution in [0.3, 0.4) is 0 Å². The first kappa shape index (κ1) is 13.1. The molecule has 0 aliphatic heterocycles. The lowest BCUT2D eigenvalue weighted by Crippen LogP contribution is -2.15. The van der Waals surface area contributed by atoms with E-state index in [1.165, 1.54) is 18.4 Å². The van der Waals surface area contributed by atoms with E-state index in [4.69, 9.17) is 4.74 Å². The summed E-state index contributed by atoms with van der Waals surface area (Å²) in [5.74, 6) is 0.878. The van der Waals surface area contributed by atoms with Crippen molar-refractivity contribution in [3.05, 3.63) is 44.8 Å². The zero-order valence-electron chi connectivity index (χ0n) is 10.4. The van der Waals surface area contributed by atoms with Gasteiger partial charge in [0.25, 0.3) is 0 Å². The Morgan fingerprint density at radius 1 is 1.42 bits per heavy atom. The van der Waals surface area contributed by atoms with Crippen molar-refractivity contribution >= 4 is 27.3 Å². The number of nitrogens with one attached hydrogen (secondary N) is 1. The Balaban J connectivity index is 1.58. The van der Waals surface area contributed by atoms with Crippen LogP contribution < -0.4 is 10.1 Å². The summed E-state index contributed by atoms with van der Waals surface area (Å²) in [5, 5.41) is 3.51. The second kappa shape index (κ2) is 6.03. The maximum absolute atomic E-state index is 5.78. The van der Waals surface area contributed by atoms with Gasteiger partial charge in [0.2, 0.25) is 0 Å². The zero-order chi connectivity index (χ0) is 13.1. The van der Waals surface area contributed by atoms with E-state index in [2.05, 4.69) is 38.4 Å². The monoisotopic (exact) mass is 338 g/mol. The SMILES string of the molecule is Brc1cc(CNC2CC2)ccc1OCc1cncs1. The molecule has 1 aromatic carbocycles. The van der Waals surface area contributed by atoms with Crippen molar-refractivity contribution in [2.75, 3.05) is 0 Å². The largest absolute Gasteiger partial charge is 0.487 e. The molecule has 1 aromatic heterocycles. The van der Waals surface area contributed by atoms with Crippen molar-refractivity contribution in [1.29, 1.82) is 0 Å². The zero-order valence-corrected chi connectivity index (χ0v) is 12.8. The number of ether oxygens (including phenoxy) is 1. The topological polar surface area (TPSA) is 34.1 Å². The van der Waals surface area contributed by atoms with E-state index in [9.17, 15) is 0 Å². The van der Waals surface area contributed by atoms with Gasteiger partial charge in [-0.15, -0.1) is 11.3 Å². The third-order valence-corrected chi connectivity index (χ3v) is 4.39. The number of hydrogen-bond donors (Lipinski definition) is 1. The molecule has 1 fully saturated rings. The standard InChI is InChI=1S/C14H15BrN2OS/c15-13-5-10(6-17-11-2-3-11)1-4-14(13)18-8-12-7-16-9-19-12/h1,4-5,7,9,11,17H,2-3,6,8H2. The molecule has 0 radical (unpaired) electrons. The van der Waals surface area contributed by atoms with Crippen LogP contribution in [-0.4, -0.2) is 11.0 Å². The summed E-state index contributed by atoms with van der Waals surface area (Å²) < 4.78 is 6.78. The van der Waals surface area contributed by atoms with E-state index in [1.54, 1.807) is 11.3 Å².